The van der Waals surface area contributed by atoms with Crippen molar-refractivity contribution in [1.82, 2.24) is 14.9 Å². The fourth-order valence-corrected chi connectivity index (χ4v) is 2.80. The van der Waals surface area contributed by atoms with Crippen molar-refractivity contribution in [2.24, 2.45) is 0 Å². The molecule has 4 rings (SSSR count). The summed E-state index contributed by atoms with van der Waals surface area (Å²) < 4.78 is 1.40. The Balaban J connectivity index is 1.99. The van der Waals surface area contributed by atoms with E-state index in [1.54, 1.807) is 48.5 Å². The summed E-state index contributed by atoms with van der Waals surface area (Å²) in [5, 5.41) is 3.87. The molecular weight excluding hydrogens is 302 g/mol. The highest BCUT2D eigenvalue weighted by Gasteiger charge is 2.32. The molecule has 108 valence electrons. The van der Waals surface area contributed by atoms with Gasteiger partial charge in [0, 0.05) is 5.02 Å². The minimum atomic E-state index is -0.565. The zero-order valence-corrected chi connectivity index (χ0v) is 12.0. The van der Waals surface area contributed by atoms with E-state index in [4.69, 9.17) is 11.6 Å². The molecule has 2 aromatic carbocycles. The Bertz CT molecular complexity index is 963. The molecule has 2 heterocycles. The van der Waals surface area contributed by atoms with Crippen LogP contribution in [-0.2, 0) is 0 Å². The normalized spacial score (nSPS) is 16.6. The summed E-state index contributed by atoms with van der Waals surface area (Å²) in [4.78, 5) is 29.2. The van der Waals surface area contributed by atoms with Crippen molar-refractivity contribution >= 4 is 28.4 Å². The molecule has 0 radical (unpaired) electrons. The highest BCUT2D eigenvalue weighted by atomic mass is 35.5. The minimum absolute atomic E-state index is 0.128. The van der Waals surface area contributed by atoms with E-state index < -0.39 is 6.17 Å². The van der Waals surface area contributed by atoms with Crippen molar-refractivity contribution in [2.45, 2.75) is 6.17 Å². The molecule has 0 unspecified atom stereocenters. The van der Waals surface area contributed by atoms with Gasteiger partial charge in [-0.25, -0.2) is 4.98 Å². The molecule has 0 saturated heterocycles. The van der Waals surface area contributed by atoms with Gasteiger partial charge in [-0.1, -0.05) is 35.9 Å². The second kappa shape index (κ2) is 4.68. The average molecular weight is 312 g/mol. The first-order chi connectivity index (χ1) is 10.6. The van der Waals surface area contributed by atoms with Gasteiger partial charge in [0.15, 0.2) is 0 Å². The molecule has 6 heteroatoms. The van der Waals surface area contributed by atoms with E-state index in [1.165, 1.54) is 4.57 Å². The van der Waals surface area contributed by atoms with Gasteiger partial charge in [-0.3, -0.25) is 14.2 Å². The molecule has 1 atom stereocenters. The van der Waals surface area contributed by atoms with Gasteiger partial charge in [0.25, 0.3) is 11.5 Å². The van der Waals surface area contributed by atoms with Crippen LogP contribution in [0.5, 0.6) is 0 Å². The van der Waals surface area contributed by atoms with Crippen LogP contribution in [0.2, 0.25) is 5.02 Å². The van der Waals surface area contributed by atoms with E-state index in [0.29, 0.717) is 15.9 Å². The molecular formula is C16H10ClN3O2. The number of benzene rings is 2. The van der Waals surface area contributed by atoms with Crippen molar-refractivity contribution < 1.29 is 4.79 Å². The van der Waals surface area contributed by atoms with Crippen LogP contribution in [0.1, 0.15) is 22.3 Å². The summed E-state index contributed by atoms with van der Waals surface area (Å²) in [5.41, 5.74) is 1.06. The Kier molecular flexibility index (Phi) is 2.77. The van der Waals surface area contributed by atoms with Gasteiger partial charge < -0.3 is 5.32 Å². The fraction of sp³-hybridized carbons (Fsp3) is 0.0625. The molecule has 22 heavy (non-hydrogen) atoms. The lowest BCUT2D eigenvalue weighted by molar-refractivity contribution is 0.0956. The van der Waals surface area contributed by atoms with Crippen LogP contribution in [0, 0.1) is 0 Å². The van der Waals surface area contributed by atoms with Crippen molar-refractivity contribution in [3.63, 3.8) is 0 Å². The van der Waals surface area contributed by atoms with E-state index in [9.17, 15) is 9.59 Å². The molecule has 0 spiro atoms. The van der Waals surface area contributed by atoms with E-state index in [0.717, 1.165) is 5.56 Å². The van der Waals surface area contributed by atoms with E-state index in [-0.39, 0.29) is 17.3 Å². The van der Waals surface area contributed by atoms with Crippen LogP contribution >= 0.6 is 11.6 Å². The number of hydrogen-bond donors (Lipinski definition) is 1. The Hall–Kier alpha value is -2.66. The van der Waals surface area contributed by atoms with E-state index >= 15 is 0 Å². The van der Waals surface area contributed by atoms with Crippen LogP contribution in [0.15, 0.2) is 53.3 Å². The van der Waals surface area contributed by atoms with E-state index in [2.05, 4.69) is 10.3 Å². The van der Waals surface area contributed by atoms with Gasteiger partial charge in [-0.05, 0) is 29.8 Å². The summed E-state index contributed by atoms with van der Waals surface area (Å²) in [6.45, 7) is 0. The maximum atomic E-state index is 12.7. The molecule has 0 saturated carbocycles. The summed E-state index contributed by atoms with van der Waals surface area (Å²) in [7, 11) is 0. The predicted octanol–water partition coefficient (Wildman–Crippen LogP) is 2.34. The van der Waals surface area contributed by atoms with Crippen LogP contribution < -0.4 is 10.9 Å². The molecule has 1 aliphatic rings. The number of carbonyl (C=O) groups excluding carboxylic acids is 1. The minimum Gasteiger partial charge on any atom is -0.325 e. The third-order valence-corrected chi connectivity index (χ3v) is 3.97. The van der Waals surface area contributed by atoms with Gasteiger partial charge in [0.1, 0.15) is 6.17 Å². The summed E-state index contributed by atoms with van der Waals surface area (Å²) in [6, 6.07) is 14.0. The second-order valence-corrected chi connectivity index (χ2v) is 5.49. The van der Waals surface area contributed by atoms with E-state index in [1.807, 2.05) is 0 Å². The van der Waals surface area contributed by atoms with Gasteiger partial charge >= 0.3 is 0 Å². The van der Waals surface area contributed by atoms with Crippen molar-refractivity contribution in [2.75, 3.05) is 0 Å². The molecule has 5 nitrogen and oxygen atoms in total. The first kappa shape index (κ1) is 13.0. The lowest BCUT2D eigenvalue weighted by atomic mass is 10.1. The fourth-order valence-electron chi connectivity index (χ4n) is 2.68. The molecule has 3 aromatic rings. The zero-order chi connectivity index (χ0) is 15.3. The van der Waals surface area contributed by atoms with Crippen molar-refractivity contribution in [3.05, 3.63) is 75.3 Å². The number of nitrogens with one attached hydrogen (secondary N) is 1. The average Bonchev–Trinajstić information content (AvgIpc) is 2.86. The Morgan fingerprint density at radius 3 is 2.55 bits per heavy atom. The van der Waals surface area contributed by atoms with Crippen LogP contribution in [-0.4, -0.2) is 15.5 Å². The zero-order valence-electron chi connectivity index (χ0n) is 11.3. The highest BCUT2D eigenvalue weighted by Crippen LogP contribution is 2.23. The van der Waals surface area contributed by atoms with Gasteiger partial charge in [0.2, 0.25) is 5.82 Å². The molecule has 1 aliphatic heterocycles. The maximum absolute atomic E-state index is 12.7. The van der Waals surface area contributed by atoms with Gasteiger partial charge in [-0.15, -0.1) is 0 Å². The third-order valence-electron chi connectivity index (χ3n) is 3.72. The number of rotatable bonds is 1. The predicted molar refractivity (Wildman–Crippen MR) is 83.1 cm³/mol. The smallest absolute Gasteiger partial charge is 0.289 e. The number of para-hydroxylation sites is 1. The molecule has 0 fully saturated rings. The first-order valence-electron chi connectivity index (χ1n) is 6.73. The third kappa shape index (κ3) is 1.83. The second-order valence-electron chi connectivity index (χ2n) is 5.06. The summed E-state index contributed by atoms with van der Waals surface area (Å²) in [6.07, 6.45) is -0.565. The Morgan fingerprint density at radius 1 is 1.05 bits per heavy atom. The molecule has 1 aromatic heterocycles. The number of amides is 1. The SMILES string of the molecule is O=C1N[C@@H](c2ccc(Cl)cc2)n2c1nc1ccccc1c2=O. The number of fused-ring (bicyclic) bond motifs is 2. The maximum Gasteiger partial charge on any atom is 0.289 e. The molecule has 1 amide bonds. The number of hydrogen-bond acceptors (Lipinski definition) is 3. The molecule has 1 N–H and O–H groups in total. The van der Waals surface area contributed by atoms with Crippen LogP contribution in [0.4, 0.5) is 0 Å². The summed E-state index contributed by atoms with van der Waals surface area (Å²) >= 11 is 5.89. The molecule has 0 bridgehead atoms. The van der Waals surface area contributed by atoms with Crippen LogP contribution in [0.25, 0.3) is 10.9 Å². The van der Waals surface area contributed by atoms with Crippen molar-refractivity contribution in [1.29, 1.82) is 0 Å². The number of halogens is 1. The topological polar surface area (TPSA) is 64.0 Å². The monoisotopic (exact) mass is 311 g/mol. The highest BCUT2D eigenvalue weighted by molar-refractivity contribution is 6.30. The first-order valence-corrected chi connectivity index (χ1v) is 7.10. The number of carbonyl (C=O) groups is 1. The number of nitrogens with zero attached hydrogens (tertiary/aromatic N) is 2. The summed E-state index contributed by atoms with van der Waals surface area (Å²) in [5.74, 6) is -0.230. The van der Waals surface area contributed by atoms with Crippen molar-refractivity contribution in [3.8, 4) is 0 Å². The largest absolute Gasteiger partial charge is 0.325 e. The van der Waals surface area contributed by atoms with Gasteiger partial charge in [-0.2, -0.15) is 0 Å². The molecule has 0 aliphatic carbocycles. The Labute approximate surface area is 130 Å². The lowest BCUT2D eigenvalue weighted by Crippen LogP contribution is -2.28. The quantitative estimate of drug-likeness (QED) is 0.750. The lowest BCUT2D eigenvalue weighted by Gasteiger charge is -2.14. The van der Waals surface area contributed by atoms with Crippen LogP contribution in [0.3, 0.4) is 0 Å². The van der Waals surface area contributed by atoms with Gasteiger partial charge in [0.05, 0.1) is 10.9 Å². The number of aromatic nitrogens is 2. The Morgan fingerprint density at radius 2 is 1.77 bits per heavy atom. The standard InChI is InChI=1S/C16H10ClN3O2/c17-10-7-5-9(6-8-10)13-19-15(21)14-18-12-4-2-1-3-11(12)16(22)20(13)14/h1-8,13H,(H,19,21)/t13-/m1/s1.